The van der Waals surface area contributed by atoms with Crippen LogP contribution < -0.4 is 19.5 Å². The fourth-order valence-corrected chi connectivity index (χ4v) is 2.50. The van der Waals surface area contributed by atoms with Crippen LogP contribution in [0.25, 0.3) is 0 Å². The highest BCUT2D eigenvalue weighted by Crippen LogP contribution is 2.35. The molecule has 0 aliphatic carbocycles. The number of methoxy groups -OCH3 is 2. The molecule has 1 N–H and O–H groups in total. The monoisotopic (exact) mass is 429 g/mol. The van der Waals surface area contributed by atoms with Crippen LogP contribution in [0.2, 0.25) is 5.02 Å². The van der Waals surface area contributed by atoms with Gasteiger partial charge in [0.05, 0.1) is 38.5 Å². The number of hydrogen-bond acceptors (Lipinski definition) is 6. The molecular weight excluding hydrogens is 412 g/mol. The molecule has 29 heavy (non-hydrogen) atoms. The van der Waals surface area contributed by atoms with Gasteiger partial charge in [-0.15, -0.1) is 0 Å². The quantitative estimate of drug-likeness (QED) is 0.603. The summed E-state index contributed by atoms with van der Waals surface area (Å²) in [4.78, 5) is 24.2. The number of amides is 1. The minimum Gasteiger partial charge on any atom is -0.493 e. The molecule has 0 saturated heterocycles. The number of benzene rings is 2. The Morgan fingerprint density at radius 3 is 2.52 bits per heavy atom. The Balaban J connectivity index is 2.13. The van der Waals surface area contributed by atoms with Crippen LogP contribution in [0.3, 0.4) is 0 Å². The first kappa shape index (κ1) is 22.2. The molecule has 0 spiro atoms. The number of carbonyl (C=O) groups is 2. The predicted molar refractivity (Wildman–Crippen MR) is 101 cm³/mol. The van der Waals surface area contributed by atoms with E-state index in [9.17, 15) is 18.4 Å². The van der Waals surface area contributed by atoms with Crippen LogP contribution in [-0.2, 0) is 9.53 Å². The molecule has 156 valence electrons. The highest BCUT2D eigenvalue weighted by Gasteiger charge is 2.21. The summed E-state index contributed by atoms with van der Waals surface area (Å²) in [7, 11) is 2.36. The lowest BCUT2D eigenvalue weighted by Crippen LogP contribution is -2.18. The second-order valence-electron chi connectivity index (χ2n) is 5.52. The number of anilines is 1. The molecule has 0 aliphatic heterocycles. The topological polar surface area (TPSA) is 83.1 Å². The molecule has 0 fully saturated rings. The Labute approximate surface area is 170 Å². The molecular formula is C19H18ClF2NO6. The number of hydrogen-bond donors (Lipinski definition) is 1. The first-order valence-electron chi connectivity index (χ1n) is 8.27. The van der Waals surface area contributed by atoms with E-state index in [1.54, 1.807) is 24.3 Å². The largest absolute Gasteiger partial charge is 0.493 e. The maximum absolute atomic E-state index is 12.6. The van der Waals surface area contributed by atoms with Crippen LogP contribution in [0.1, 0.15) is 16.8 Å². The van der Waals surface area contributed by atoms with E-state index in [0.29, 0.717) is 10.8 Å². The third kappa shape index (κ3) is 6.49. The molecule has 0 aromatic heterocycles. The minimum absolute atomic E-state index is 0.0241. The van der Waals surface area contributed by atoms with Crippen molar-refractivity contribution in [3.8, 4) is 17.2 Å². The SMILES string of the molecule is COC(=O)c1cc(OC)c(OC(F)F)cc1NC(=O)CCOc1cccc(Cl)c1. The van der Waals surface area contributed by atoms with Crippen LogP contribution in [0, 0.1) is 0 Å². The van der Waals surface area contributed by atoms with Crippen molar-refractivity contribution < 1.29 is 37.3 Å². The van der Waals surface area contributed by atoms with Gasteiger partial charge in [0.2, 0.25) is 5.91 Å². The first-order valence-corrected chi connectivity index (χ1v) is 8.65. The summed E-state index contributed by atoms with van der Waals surface area (Å²) in [5, 5.41) is 2.95. The molecule has 2 aromatic carbocycles. The molecule has 0 radical (unpaired) electrons. The van der Waals surface area contributed by atoms with E-state index in [1.165, 1.54) is 7.11 Å². The molecule has 0 unspecified atom stereocenters. The van der Waals surface area contributed by atoms with E-state index in [2.05, 4.69) is 14.8 Å². The molecule has 0 bridgehead atoms. The zero-order valence-corrected chi connectivity index (χ0v) is 16.3. The normalized spacial score (nSPS) is 10.4. The Hall–Kier alpha value is -3.07. The first-order chi connectivity index (χ1) is 13.8. The number of alkyl halides is 2. The minimum atomic E-state index is -3.12. The van der Waals surface area contributed by atoms with Gasteiger partial charge in [-0.25, -0.2) is 4.79 Å². The van der Waals surface area contributed by atoms with Gasteiger partial charge in [-0.2, -0.15) is 8.78 Å². The maximum atomic E-state index is 12.6. The Kier molecular flexibility index (Phi) is 8.02. The fourth-order valence-electron chi connectivity index (χ4n) is 2.32. The molecule has 10 heteroatoms. The highest BCUT2D eigenvalue weighted by molar-refractivity contribution is 6.30. The van der Waals surface area contributed by atoms with Gasteiger partial charge in [0.15, 0.2) is 11.5 Å². The number of halogens is 3. The summed E-state index contributed by atoms with van der Waals surface area (Å²) in [5.74, 6) is -1.30. The lowest BCUT2D eigenvalue weighted by Gasteiger charge is -2.15. The summed E-state index contributed by atoms with van der Waals surface area (Å²) < 4.78 is 44.7. The third-order valence-corrected chi connectivity index (χ3v) is 3.83. The zero-order chi connectivity index (χ0) is 21.4. The summed E-state index contributed by atoms with van der Waals surface area (Å²) >= 11 is 5.85. The second kappa shape index (κ2) is 10.5. The lowest BCUT2D eigenvalue weighted by atomic mass is 10.1. The number of esters is 1. The summed E-state index contributed by atoms with van der Waals surface area (Å²) in [6, 6.07) is 8.85. The molecule has 0 atom stereocenters. The van der Waals surface area contributed by atoms with Gasteiger partial charge in [-0.3, -0.25) is 4.79 Å². The molecule has 7 nitrogen and oxygen atoms in total. The predicted octanol–water partition coefficient (Wildman–Crippen LogP) is 4.14. The van der Waals surface area contributed by atoms with Gasteiger partial charge in [-0.05, 0) is 18.2 Å². The van der Waals surface area contributed by atoms with Crippen molar-refractivity contribution in [1.82, 2.24) is 0 Å². The van der Waals surface area contributed by atoms with Crippen LogP contribution in [0.4, 0.5) is 14.5 Å². The number of carbonyl (C=O) groups excluding carboxylic acids is 2. The van der Waals surface area contributed by atoms with Gasteiger partial charge >= 0.3 is 12.6 Å². The standard InChI is InChI=1S/C19H18ClF2NO6/c1-26-15-9-13(18(25)27-2)14(10-16(15)29-19(21)22)23-17(24)6-7-28-12-5-3-4-11(20)8-12/h3-5,8-10,19H,6-7H2,1-2H3,(H,23,24). The van der Waals surface area contributed by atoms with E-state index >= 15 is 0 Å². The Morgan fingerprint density at radius 2 is 1.90 bits per heavy atom. The Bertz CT molecular complexity index is 878. The summed E-state index contributed by atoms with van der Waals surface area (Å²) in [5.41, 5.74) is -0.156. The van der Waals surface area contributed by atoms with Crippen molar-refractivity contribution in [2.75, 3.05) is 26.1 Å². The van der Waals surface area contributed by atoms with Crippen LogP contribution >= 0.6 is 11.6 Å². The Morgan fingerprint density at radius 1 is 1.14 bits per heavy atom. The van der Waals surface area contributed by atoms with E-state index in [0.717, 1.165) is 19.2 Å². The van der Waals surface area contributed by atoms with Crippen molar-refractivity contribution >= 4 is 29.2 Å². The van der Waals surface area contributed by atoms with Crippen molar-refractivity contribution in [2.24, 2.45) is 0 Å². The molecule has 0 heterocycles. The average molecular weight is 430 g/mol. The van der Waals surface area contributed by atoms with Crippen molar-refractivity contribution in [1.29, 1.82) is 0 Å². The number of nitrogens with one attached hydrogen (secondary N) is 1. The molecule has 0 saturated carbocycles. The second-order valence-corrected chi connectivity index (χ2v) is 5.96. The van der Waals surface area contributed by atoms with Gasteiger partial charge in [0.1, 0.15) is 5.75 Å². The summed E-state index contributed by atoms with van der Waals surface area (Å²) in [6.07, 6.45) is -0.0792. The van der Waals surface area contributed by atoms with Crippen LogP contribution in [0.5, 0.6) is 17.2 Å². The smallest absolute Gasteiger partial charge is 0.387 e. The molecule has 2 rings (SSSR count). The molecule has 0 aliphatic rings. The molecule has 2 aromatic rings. The van der Waals surface area contributed by atoms with Crippen LogP contribution in [-0.4, -0.2) is 39.3 Å². The third-order valence-electron chi connectivity index (χ3n) is 3.59. The maximum Gasteiger partial charge on any atom is 0.387 e. The van der Waals surface area contributed by atoms with Gasteiger partial charge in [0.25, 0.3) is 0 Å². The van der Waals surface area contributed by atoms with Crippen molar-refractivity contribution in [2.45, 2.75) is 13.0 Å². The van der Waals surface area contributed by atoms with E-state index in [1.807, 2.05) is 0 Å². The highest BCUT2D eigenvalue weighted by atomic mass is 35.5. The van der Waals surface area contributed by atoms with Crippen molar-refractivity contribution in [3.63, 3.8) is 0 Å². The van der Waals surface area contributed by atoms with Gasteiger partial charge < -0.3 is 24.3 Å². The van der Waals surface area contributed by atoms with Crippen LogP contribution in [0.15, 0.2) is 36.4 Å². The van der Waals surface area contributed by atoms with E-state index in [4.69, 9.17) is 21.1 Å². The zero-order valence-electron chi connectivity index (χ0n) is 15.5. The molecule has 1 amide bonds. The number of rotatable bonds is 9. The van der Waals surface area contributed by atoms with E-state index < -0.39 is 18.5 Å². The van der Waals surface area contributed by atoms with Gasteiger partial charge in [-0.1, -0.05) is 17.7 Å². The van der Waals surface area contributed by atoms with Gasteiger partial charge in [0, 0.05) is 17.2 Å². The van der Waals surface area contributed by atoms with E-state index in [-0.39, 0.29) is 35.8 Å². The number of ether oxygens (including phenoxy) is 4. The fraction of sp³-hybridized carbons (Fsp3) is 0.263. The average Bonchev–Trinajstić information content (AvgIpc) is 2.67. The lowest BCUT2D eigenvalue weighted by molar-refractivity contribution is -0.116. The summed E-state index contributed by atoms with van der Waals surface area (Å²) in [6.45, 7) is -3.10. The van der Waals surface area contributed by atoms with Crippen molar-refractivity contribution in [3.05, 3.63) is 47.0 Å².